The number of piperazine rings is 1. The Bertz CT molecular complexity index is 656. The van der Waals surface area contributed by atoms with Gasteiger partial charge >= 0.3 is 5.97 Å². The molecular formula is C17H24ClN5O2. The van der Waals surface area contributed by atoms with Crippen LogP contribution in [0.2, 0.25) is 0 Å². The first kappa shape index (κ1) is 19.2. The molecule has 0 amide bonds. The summed E-state index contributed by atoms with van der Waals surface area (Å²) in [7, 11) is 0. The Hall–Kier alpha value is -2.12. The molecule has 1 aromatic carbocycles. The molecule has 1 aliphatic heterocycles. The summed E-state index contributed by atoms with van der Waals surface area (Å²) in [6.07, 6.45) is 1.46. The predicted octanol–water partition coefficient (Wildman–Crippen LogP) is 1.70. The van der Waals surface area contributed by atoms with Crippen molar-refractivity contribution in [1.82, 2.24) is 19.9 Å². The van der Waals surface area contributed by atoms with E-state index in [9.17, 15) is 4.79 Å². The lowest BCUT2D eigenvalue weighted by molar-refractivity contribution is 0.0510. The first-order valence-electron chi connectivity index (χ1n) is 8.36. The molecule has 0 radical (unpaired) electrons. The number of esters is 1. The number of halogens is 1. The maximum atomic E-state index is 11.8. The molecule has 3 rings (SSSR count). The van der Waals surface area contributed by atoms with Crippen LogP contribution < -0.4 is 4.90 Å². The number of hydrogen-bond acceptors (Lipinski definition) is 6. The van der Waals surface area contributed by atoms with Gasteiger partial charge in [0.05, 0.1) is 19.3 Å². The number of nitrogens with zero attached hydrogens (tertiary/aromatic N) is 5. The smallest absolute Gasteiger partial charge is 0.358 e. The van der Waals surface area contributed by atoms with Gasteiger partial charge in [-0.25, -0.2) is 9.48 Å². The third kappa shape index (κ3) is 4.93. The molecule has 25 heavy (non-hydrogen) atoms. The van der Waals surface area contributed by atoms with Crippen LogP contribution in [0.4, 0.5) is 5.69 Å². The van der Waals surface area contributed by atoms with Gasteiger partial charge in [-0.3, -0.25) is 4.90 Å². The quantitative estimate of drug-likeness (QED) is 0.726. The van der Waals surface area contributed by atoms with Gasteiger partial charge in [-0.15, -0.1) is 17.5 Å². The van der Waals surface area contributed by atoms with E-state index in [-0.39, 0.29) is 18.4 Å². The molecule has 0 bridgehead atoms. The molecule has 136 valence electrons. The number of benzene rings is 1. The van der Waals surface area contributed by atoms with Gasteiger partial charge in [-0.05, 0) is 19.1 Å². The van der Waals surface area contributed by atoms with Crippen molar-refractivity contribution < 1.29 is 9.53 Å². The second-order valence-corrected chi connectivity index (χ2v) is 5.73. The summed E-state index contributed by atoms with van der Waals surface area (Å²) in [5.74, 6) is -0.364. The Balaban J connectivity index is 0.00000225. The zero-order valence-corrected chi connectivity index (χ0v) is 15.2. The molecular weight excluding hydrogens is 342 g/mol. The second kappa shape index (κ2) is 9.39. The number of ether oxygens (including phenoxy) is 1. The Kier molecular flexibility index (Phi) is 7.21. The lowest BCUT2D eigenvalue weighted by Gasteiger charge is -2.36. The lowest BCUT2D eigenvalue weighted by atomic mass is 10.2. The highest BCUT2D eigenvalue weighted by Gasteiger charge is 2.19. The summed E-state index contributed by atoms with van der Waals surface area (Å²) in [4.78, 5) is 16.6. The van der Waals surface area contributed by atoms with Gasteiger partial charge < -0.3 is 9.64 Å². The molecule has 0 aliphatic carbocycles. The van der Waals surface area contributed by atoms with E-state index in [1.54, 1.807) is 11.6 Å². The Morgan fingerprint density at radius 1 is 1.12 bits per heavy atom. The fourth-order valence-electron chi connectivity index (χ4n) is 2.89. The molecule has 1 aromatic heterocycles. The van der Waals surface area contributed by atoms with E-state index >= 15 is 0 Å². The molecule has 0 unspecified atom stereocenters. The third-order valence-electron chi connectivity index (χ3n) is 4.22. The standard InChI is InChI=1S/C17H23N5O2.ClH/c1-2-24-17(23)16-14-18-19-22(16)13-10-20-8-11-21(12-9-20)15-6-4-3-5-7-15;/h3-7,14H,2,8-13H2,1H3;1H. The molecule has 8 heteroatoms. The van der Waals surface area contributed by atoms with Crippen LogP contribution in [0, 0.1) is 0 Å². The van der Waals surface area contributed by atoms with Crippen molar-refractivity contribution in [2.24, 2.45) is 0 Å². The maximum Gasteiger partial charge on any atom is 0.358 e. The minimum absolute atomic E-state index is 0. The van der Waals surface area contributed by atoms with E-state index < -0.39 is 0 Å². The average Bonchev–Trinajstić information content (AvgIpc) is 3.10. The average molecular weight is 366 g/mol. The minimum Gasteiger partial charge on any atom is -0.461 e. The zero-order valence-electron chi connectivity index (χ0n) is 14.4. The lowest BCUT2D eigenvalue weighted by Crippen LogP contribution is -2.47. The van der Waals surface area contributed by atoms with Crippen molar-refractivity contribution in [2.45, 2.75) is 13.5 Å². The number of rotatable bonds is 6. The minimum atomic E-state index is -0.364. The van der Waals surface area contributed by atoms with Gasteiger partial charge in [-0.2, -0.15) is 0 Å². The highest BCUT2D eigenvalue weighted by atomic mass is 35.5. The van der Waals surface area contributed by atoms with E-state index in [4.69, 9.17) is 4.74 Å². The van der Waals surface area contributed by atoms with Crippen molar-refractivity contribution in [3.8, 4) is 0 Å². The molecule has 0 saturated carbocycles. The first-order valence-corrected chi connectivity index (χ1v) is 8.36. The fraction of sp³-hybridized carbons (Fsp3) is 0.471. The summed E-state index contributed by atoms with van der Waals surface area (Å²) in [5, 5.41) is 7.82. The monoisotopic (exact) mass is 365 g/mol. The number of carbonyl (C=O) groups excluding carboxylic acids is 1. The highest BCUT2D eigenvalue weighted by molar-refractivity contribution is 5.87. The van der Waals surface area contributed by atoms with E-state index in [1.807, 2.05) is 6.07 Å². The summed E-state index contributed by atoms with van der Waals surface area (Å²) >= 11 is 0. The van der Waals surface area contributed by atoms with Crippen molar-refractivity contribution in [1.29, 1.82) is 0 Å². The number of anilines is 1. The van der Waals surface area contributed by atoms with Crippen LogP contribution in [0.15, 0.2) is 36.5 Å². The molecule has 0 atom stereocenters. The van der Waals surface area contributed by atoms with E-state index in [0.29, 0.717) is 18.8 Å². The van der Waals surface area contributed by atoms with E-state index in [1.165, 1.54) is 11.9 Å². The van der Waals surface area contributed by atoms with Crippen LogP contribution in [-0.2, 0) is 11.3 Å². The van der Waals surface area contributed by atoms with Crippen molar-refractivity contribution in [2.75, 3.05) is 44.2 Å². The Labute approximate surface area is 154 Å². The molecule has 1 saturated heterocycles. The van der Waals surface area contributed by atoms with Gasteiger partial charge in [-0.1, -0.05) is 23.4 Å². The Morgan fingerprint density at radius 3 is 2.52 bits per heavy atom. The number of aromatic nitrogens is 3. The van der Waals surface area contributed by atoms with Crippen molar-refractivity contribution in [3.63, 3.8) is 0 Å². The zero-order chi connectivity index (χ0) is 16.8. The summed E-state index contributed by atoms with van der Waals surface area (Å²) in [6, 6.07) is 10.5. The van der Waals surface area contributed by atoms with Crippen LogP contribution in [-0.4, -0.2) is 65.2 Å². The largest absolute Gasteiger partial charge is 0.461 e. The van der Waals surface area contributed by atoms with Crippen molar-refractivity contribution in [3.05, 3.63) is 42.2 Å². The molecule has 2 heterocycles. The van der Waals surface area contributed by atoms with Crippen LogP contribution in [0.25, 0.3) is 0 Å². The highest BCUT2D eigenvalue weighted by Crippen LogP contribution is 2.15. The normalized spacial score (nSPS) is 14.8. The predicted molar refractivity (Wildman–Crippen MR) is 98.3 cm³/mol. The first-order chi connectivity index (χ1) is 11.8. The van der Waals surface area contributed by atoms with Gasteiger partial charge in [0.2, 0.25) is 0 Å². The van der Waals surface area contributed by atoms with Gasteiger partial charge in [0.1, 0.15) is 0 Å². The number of para-hydroxylation sites is 1. The fourth-order valence-corrected chi connectivity index (χ4v) is 2.89. The Morgan fingerprint density at radius 2 is 1.84 bits per heavy atom. The summed E-state index contributed by atoms with van der Waals surface area (Å²) < 4.78 is 6.65. The van der Waals surface area contributed by atoms with Crippen LogP contribution in [0.5, 0.6) is 0 Å². The molecule has 0 N–H and O–H groups in total. The van der Waals surface area contributed by atoms with Gasteiger partial charge in [0, 0.05) is 38.4 Å². The summed E-state index contributed by atoms with van der Waals surface area (Å²) in [6.45, 7) is 7.64. The number of carbonyl (C=O) groups is 1. The third-order valence-corrected chi connectivity index (χ3v) is 4.22. The van der Waals surface area contributed by atoms with E-state index in [2.05, 4.69) is 44.4 Å². The van der Waals surface area contributed by atoms with Gasteiger partial charge in [0.15, 0.2) is 5.69 Å². The van der Waals surface area contributed by atoms with Crippen molar-refractivity contribution >= 4 is 24.1 Å². The number of hydrogen-bond donors (Lipinski definition) is 0. The van der Waals surface area contributed by atoms with Gasteiger partial charge in [0.25, 0.3) is 0 Å². The second-order valence-electron chi connectivity index (χ2n) is 5.73. The van der Waals surface area contributed by atoms with Crippen LogP contribution >= 0.6 is 12.4 Å². The van der Waals surface area contributed by atoms with Crippen LogP contribution in [0.1, 0.15) is 17.4 Å². The molecule has 1 fully saturated rings. The molecule has 7 nitrogen and oxygen atoms in total. The topological polar surface area (TPSA) is 63.5 Å². The maximum absolute atomic E-state index is 11.8. The SMILES string of the molecule is CCOC(=O)c1cnnn1CCN1CCN(c2ccccc2)CC1.Cl. The molecule has 2 aromatic rings. The molecule has 0 spiro atoms. The summed E-state index contributed by atoms with van der Waals surface area (Å²) in [5.41, 5.74) is 1.69. The van der Waals surface area contributed by atoms with Crippen LogP contribution in [0.3, 0.4) is 0 Å². The molecule has 1 aliphatic rings. The van der Waals surface area contributed by atoms with E-state index in [0.717, 1.165) is 32.7 Å².